The molecule has 1 nitrogen and oxygen atoms in total. The largest absolute Gasteiger partial charge is 0.306 e. The van der Waals surface area contributed by atoms with Crippen LogP contribution in [0.25, 0.3) is 0 Å². The van der Waals surface area contributed by atoms with Crippen LogP contribution in [0.4, 0.5) is 0 Å². The summed E-state index contributed by atoms with van der Waals surface area (Å²) in [5, 5.41) is 0. The van der Waals surface area contributed by atoms with E-state index in [1.807, 2.05) is 0 Å². The number of rotatable bonds is 20. The monoisotopic (exact) mass is 401 g/mol. The van der Waals surface area contributed by atoms with Crippen LogP contribution in [0, 0.1) is 0 Å². The third-order valence-electron chi connectivity index (χ3n) is 6.44. The Morgan fingerprint density at radius 3 is 1.41 bits per heavy atom. The lowest BCUT2D eigenvalue weighted by molar-refractivity contribution is 0.269. The van der Waals surface area contributed by atoms with Crippen LogP contribution in [0.15, 0.2) is 30.3 Å². The first kappa shape index (κ1) is 26.2. The maximum atomic E-state index is 2.41. The summed E-state index contributed by atoms with van der Waals surface area (Å²) < 4.78 is 0. The number of hydrogen-bond donors (Lipinski definition) is 0. The van der Waals surface area contributed by atoms with Gasteiger partial charge >= 0.3 is 0 Å². The van der Waals surface area contributed by atoms with E-state index in [1.165, 1.54) is 121 Å². The molecule has 29 heavy (non-hydrogen) atoms. The standard InChI is InChI=1S/C28H51N/c1-4-5-6-7-8-9-10-11-12-13-14-15-16-17-18-22-25-28(29(2)3)26-27-23-20-19-21-24-27/h19-21,23-24,28H,4-18,22,25-26H2,1-3H3. The van der Waals surface area contributed by atoms with Gasteiger partial charge in [-0.2, -0.15) is 0 Å². The number of unbranched alkanes of at least 4 members (excludes halogenated alkanes) is 15. The predicted octanol–water partition coefficient (Wildman–Crippen LogP) is 8.81. The Kier molecular flexibility index (Phi) is 17.3. The normalized spacial score (nSPS) is 12.6. The number of hydrogen-bond acceptors (Lipinski definition) is 1. The van der Waals surface area contributed by atoms with Gasteiger partial charge in [-0.05, 0) is 32.5 Å². The minimum absolute atomic E-state index is 0.684. The van der Waals surface area contributed by atoms with Crippen molar-refractivity contribution in [1.29, 1.82) is 0 Å². The number of nitrogens with zero attached hydrogens (tertiary/aromatic N) is 1. The van der Waals surface area contributed by atoms with Gasteiger partial charge in [0.2, 0.25) is 0 Å². The third-order valence-corrected chi connectivity index (χ3v) is 6.44. The minimum atomic E-state index is 0.684. The average Bonchev–Trinajstić information content (AvgIpc) is 2.73. The second-order valence-electron chi connectivity index (χ2n) is 9.40. The summed E-state index contributed by atoms with van der Waals surface area (Å²) in [5.74, 6) is 0. The van der Waals surface area contributed by atoms with E-state index in [4.69, 9.17) is 0 Å². The molecule has 0 aromatic heterocycles. The summed E-state index contributed by atoms with van der Waals surface area (Å²) in [4.78, 5) is 2.41. The van der Waals surface area contributed by atoms with Crippen molar-refractivity contribution in [2.45, 2.75) is 129 Å². The van der Waals surface area contributed by atoms with Crippen molar-refractivity contribution in [2.75, 3.05) is 14.1 Å². The molecule has 1 rings (SSSR count). The fraction of sp³-hybridized carbons (Fsp3) is 0.786. The van der Waals surface area contributed by atoms with Gasteiger partial charge < -0.3 is 4.90 Å². The minimum Gasteiger partial charge on any atom is -0.306 e. The van der Waals surface area contributed by atoms with Crippen LogP contribution in [0.3, 0.4) is 0 Å². The highest BCUT2D eigenvalue weighted by Gasteiger charge is 2.11. The van der Waals surface area contributed by atoms with E-state index in [1.54, 1.807) is 0 Å². The van der Waals surface area contributed by atoms with Crippen molar-refractivity contribution in [3.8, 4) is 0 Å². The molecule has 0 amide bonds. The molecule has 0 spiro atoms. The highest BCUT2D eigenvalue weighted by molar-refractivity contribution is 5.15. The highest BCUT2D eigenvalue weighted by Crippen LogP contribution is 2.16. The topological polar surface area (TPSA) is 3.24 Å². The van der Waals surface area contributed by atoms with E-state index >= 15 is 0 Å². The molecule has 1 atom stereocenters. The van der Waals surface area contributed by atoms with Crippen molar-refractivity contribution in [3.63, 3.8) is 0 Å². The molecular weight excluding hydrogens is 350 g/mol. The molecule has 1 unspecified atom stereocenters. The van der Waals surface area contributed by atoms with Crippen LogP contribution in [0.5, 0.6) is 0 Å². The molecule has 1 heteroatoms. The van der Waals surface area contributed by atoms with Crippen LogP contribution < -0.4 is 0 Å². The van der Waals surface area contributed by atoms with Gasteiger partial charge in [0.1, 0.15) is 0 Å². The van der Waals surface area contributed by atoms with Crippen molar-refractivity contribution in [2.24, 2.45) is 0 Å². The molecule has 0 bridgehead atoms. The summed E-state index contributed by atoms with van der Waals surface area (Å²) in [7, 11) is 4.47. The molecule has 0 saturated carbocycles. The van der Waals surface area contributed by atoms with E-state index in [2.05, 4.69) is 56.3 Å². The Bertz CT molecular complexity index is 439. The van der Waals surface area contributed by atoms with Crippen LogP contribution in [0.2, 0.25) is 0 Å². The first-order valence-corrected chi connectivity index (χ1v) is 12.9. The second kappa shape index (κ2) is 19.2. The fourth-order valence-corrected chi connectivity index (χ4v) is 4.36. The van der Waals surface area contributed by atoms with Gasteiger partial charge in [-0.25, -0.2) is 0 Å². The van der Waals surface area contributed by atoms with Crippen LogP contribution >= 0.6 is 0 Å². The molecule has 0 radical (unpaired) electrons. The Morgan fingerprint density at radius 1 is 0.586 bits per heavy atom. The Morgan fingerprint density at radius 2 is 1.00 bits per heavy atom. The Hall–Kier alpha value is -0.820. The van der Waals surface area contributed by atoms with E-state index in [9.17, 15) is 0 Å². The lowest BCUT2D eigenvalue weighted by atomic mass is 9.98. The van der Waals surface area contributed by atoms with Crippen LogP contribution in [0.1, 0.15) is 122 Å². The smallest absolute Gasteiger partial charge is 0.0130 e. The predicted molar refractivity (Wildman–Crippen MR) is 132 cm³/mol. The zero-order chi connectivity index (χ0) is 21.0. The summed E-state index contributed by atoms with van der Waals surface area (Å²) in [6, 6.07) is 11.7. The molecular formula is C28H51N. The van der Waals surface area contributed by atoms with Gasteiger partial charge in [0.15, 0.2) is 0 Å². The molecule has 0 fully saturated rings. The van der Waals surface area contributed by atoms with Crippen molar-refractivity contribution in [3.05, 3.63) is 35.9 Å². The number of benzene rings is 1. The number of likely N-dealkylation sites (N-methyl/N-ethyl adjacent to an activating group) is 1. The lowest BCUT2D eigenvalue weighted by Crippen LogP contribution is -2.30. The highest BCUT2D eigenvalue weighted by atomic mass is 15.1. The molecule has 0 aliphatic carbocycles. The third kappa shape index (κ3) is 15.7. The average molecular weight is 402 g/mol. The molecule has 0 N–H and O–H groups in total. The Labute approximate surface area is 183 Å². The van der Waals surface area contributed by atoms with Crippen molar-refractivity contribution < 1.29 is 0 Å². The van der Waals surface area contributed by atoms with Crippen LogP contribution in [-0.2, 0) is 6.42 Å². The van der Waals surface area contributed by atoms with E-state index < -0.39 is 0 Å². The van der Waals surface area contributed by atoms with E-state index in [-0.39, 0.29) is 0 Å². The van der Waals surface area contributed by atoms with E-state index in [0.717, 1.165) is 0 Å². The molecule has 0 heterocycles. The van der Waals surface area contributed by atoms with Gasteiger partial charge in [-0.1, -0.05) is 140 Å². The first-order valence-electron chi connectivity index (χ1n) is 12.9. The lowest BCUT2D eigenvalue weighted by Gasteiger charge is -2.24. The van der Waals surface area contributed by atoms with Gasteiger partial charge in [0, 0.05) is 6.04 Å². The van der Waals surface area contributed by atoms with Gasteiger partial charge in [0.25, 0.3) is 0 Å². The van der Waals surface area contributed by atoms with E-state index in [0.29, 0.717) is 6.04 Å². The molecule has 0 aliphatic rings. The zero-order valence-electron chi connectivity index (χ0n) is 20.1. The maximum Gasteiger partial charge on any atom is 0.0130 e. The molecule has 1 aromatic rings. The van der Waals surface area contributed by atoms with Gasteiger partial charge in [-0.15, -0.1) is 0 Å². The SMILES string of the molecule is CCCCCCCCCCCCCCCCCCC(Cc1ccccc1)N(C)C. The molecule has 1 aromatic carbocycles. The van der Waals surface area contributed by atoms with Crippen molar-refractivity contribution in [1.82, 2.24) is 4.90 Å². The van der Waals surface area contributed by atoms with Crippen LogP contribution in [-0.4, -0.2) is 25.0 Å². The Balaban J connectivity index is 1.87. The first-order chi connectivity index (χ1) is 14.2. The second-order valence-corrected chi connectivity index (χ2v) is 9.40. The summed E-state index contributed by atoms with van der Waals surface area (Å²) in [6.45, 7) is 2.30. The van der Waals surface area contributed by atoms with Crippen molar-refractivity contribution >= 4 is 0 Å². The summed E-state index contributed by atoms with van der Waals surface area (Å²) in [5.41, 5.74) is 1.47. The zero-order valence-corrected chi connectivity index (χ0v) is 20.1. The molecule has 0 saturated heterocycles. The summed E-state index contributed by atoms with van der Waals surface area (Å²) in [6.07, 6.45) is 25.7. The fourth-order valence-electron chi connectivity index (χ4n) is 4.36. The quantitative estimate of drug-likeness (QED) is 0.197. The van der Waals surface area contributed by atoms with Gasteiger partial charge in [0.05, 0.1) is 0 Å². The molecule has 0 aliphatic heterocycles. The molecule has 168 valence electrons. The van der Waals surface area contributed by atoms with Gasteiger partial charge in [-0.3, -0.25) is 0 Å². The maximum absolute atomic E-state index is 2.41. The summed E-state index contributed by atoms with van der Waals surface area (Å²) >= 11 is 0.